The quantitative estimate of drug-likeness (QED) is 0.833. The summed E-state index contributed by atoms with van der Waals surface area (Å²) in [6, 6.07) is 7.52. The van der Waals surface area contributed by atoms with Crippen LogP contribution in [0.5, 0.6) is 0 Å². The van der Waals surface area contributed by atoms with Crippen molar-refractivity contribution in [3.05, 3.63) is 47.5 Å². The average molecular weight is 244 g/mol. The lowest BCUT2D eigenvalue weighted by atomic mass is 10.2. The van der Waals surface area contributed by atoms with E-state index in [-0.39, 0.29) is 5.91 Å². The lowest BCUT2D eigenvalue weighted by molar-refractivity contribution is 0.0949. The van der Waals surface area contributed by atoms with E-state index in [4.69, 9.17) is 0 Å². The Bertz CT molecular complexity index is 507. The van der Waals surface area contributed by atoms with Crippen LogP contribution in [0.15, 0.2) is 30.5 Å². The highest BCUT2D eigenvalue weighted by Gasteiger charge is 2.08. The van der Waals surface area contributed by atoms with E-state index in [2.05, 4.69) is 20.5 Å². The number of carbonyl (C=O) groups is 1. The van der Waals surface area contributed by atoms with Crippen molar-refractivity contribution in [2.24, 2.45) is 0 Å². The SMILES string of the molecule is CCc1cc(C(=O)NCCc2ccccn2)n[nH]1. The second-order valence-corrected chi connectivity index (χ2v) is 3.96. The summed E-state index contributed by atoms with van der Waals surface area (Å²) in [7, 11) is 0. The monoisotopic (exact) mass is 244 g/mol. The van der Waals surface area contributed by atoms with E-state index in [1.807, 2.05) is 25.1 Å². The van der Waals surface area contributed by atoms with Gasteiger partial charge in [0.25, 0.3) is 5.91 Å². The van der Waals surface area contributed by atoms with Crippen molar-refractivity contribution < 1.29 is 4.79 Å². The highest BCUT2D eigenvalue weighted by atomic mass is 16.1. The van der Waals surface area contributed by atoms with Gasteiger partial charge in [-0.25, -0.2) is 0 Å². The molecule has 94 valence electrons. The van der Waals surface area contributed by atoms with E-state index in [0.29, 0.717) is 12.2 Å². The number of rotatable bonds is 5. The molecule has 0 bridgehead atoms. The molecule has 0 aromatic carbocycles. The molecular weight excluding hydrogens is 228 g/mol. The number of aromatic amines is 1. The molecule has 0 aliphatic rings. The van der Waals surface area contributed by atoms with Gasteiger partial charge in [-0.2, -0.15) is 5.10 Å². The molecule has 0 unspecified atom stereocenters. The lowest BCUT2D eigenvalue weighted by Gasteiger charge is -2.02. The third kappa shape index (κ3) is 3.16. The van der Waals surface area contributed by atoms with Gasteiger partial charge in [0.2, 0.25) is 0 Å². The fourth-order valence-corrected chi connectivity index (χ4v) is 1.60. The molecule has 2 heterocycles. The number of hydrogen-bond acceptors (Lipinski definition) is 3. The van der Waals surface area contributed by atoms with E-state index in [0.717, 1.165) is 24.2 Å². The topological polar surface area (TPSA) is 70.7 Å². The molecule has 2 rings (SSSR count). The van der Waals surface area contributed by atoms with Crippen LogP contribution in [-0.4, -0.2) is 27.6 Å². The summed E-state index contributed by atoms with van der Waals surface area (Å²) in [6.45, 7) is 2.57. The average Bonchev–Trinajstić information content (AvgIpc) is 2.89. The number of aromatic nitrogens is 3. The largest absolute Gasteiger partial charge is 0.350 e. The standard InChI is InChI=1S/C13H16N4O/c1-2-10-9-12(17-16-10)13(18)15-8-6-11-5-3-4-7-14-11/h3-5,7,9H,2,6,8H2,1H3,(H,15,18)(H,16,17). The molecule has 0 saturated carbocycles. The first kappa shape index (κ1) is 12.3. The van der Waals surface area contributed by atoms with E-state index < -0.39 is 0 Å². The van der Waals surface area contributed by atoms with Crippen LogP contribution in [0.3, 0.4) is 0 Å². The Labute approximate surface area is 106 Å². The molecule has 0 fully saturated rings. The zero-order valence-corrected chi connectivity index (χ0v) is 10.3. The molecule has 0 radical (unpaired) electrons. The van der Waals surface area contributed by atoms with Crippen LogP contribution >= 0.6 is 0 Å². The first-order valence-electron chi connectivity index (χ1n) is 6.02. The first-order valence-corrected chi connectivity index (χ1v) is 6.02. The minimum Gasteiger partial charge on any atom is -0.350 e. The summed E-state index contributed by atoms with van der Waals surface area (Å²) in [4.78, 5) is 15.9. The van der Waals surface area contributed by atoms with Crippen molar-refractivity contribution >= 4 is 5.91 Å². The number of aryl methyl sites for hydroxylation is 1. The second-order valence-electron chi connectivity index (χ2n) is 3.96. The van der Waals surface area contributed by atoms with Crippen LogP contribution in [0.1, 0.15) is 28.8 Å². The van der Waals surface area contributed by atoms with E-state index in [1.54, 1.807) is 12.3 Å². The number of nitrogens with one attached hydrogen (secondary N) is 2. The second kappa shape index (κ2) is 5.95. The summed E-state index contributed by atoms with van der Waals surface area (Å²) < 4.78 is 0. The minimum atomic E-state index is -0.151. The van der Waals surface area contributed by atoms with Gasteiger partial charge in [0.1, 0.15) is 5.69 Å². The van der Waals surface area contributed by atoms with Crippen LogP contribution in [0.4, 0.5) is 0 Å². The Hall–Kier alpha value is -2.17. The van der Waals surface area contributed by atoms with Gasteiger partial charge in [-0.15, -0.1) is 0 Å². The Morgan fingerprint density at radius 1 is 1.44 bits per heavy atom. The zero-order valence-electron chi connectivity index (χ0n) is 10.3. The predicted molar refractivity (Wildman–Crippen MR) is 68.2 cm³/mol. The fraction of sp³-hybridized carbons (Fsp3) is 0.308. The maximum absolute atomic E-state index is 11.8. The molecule has 0 spiro atoms. The minimum absolute atomic E-state index is 0.151. The number of nitrogens with zero attached hydrogens (tertiary/aromatic N) is 2. The van der Waals surface area contributed by atoms with Gasteiger partial charge in [-0.05, 0) is 24.6 Å². The third-order valence-corrected chi connectivity index (χ3v) is 2.64. The summed E-state index contributed by atoms with van der Waals surface area (Å²) >= 11 is 0. The van der Waals surface area contributed by atoms with Crippen molar-refractivity contribution in [2.45, 2.75) is 19.8 Å². The van der Waals surface area contributed by atoms with Crippen molar-refractivity contribution in [1.82, 2.24) is 20.5 Å². The van der Waals surface area contributed by atoms with Crippen LogP contribution in [0.2, 0.25) is 0 Å². The molecule has 5 nitrogen and oxygen atoms in total. The molecule has 5 heteroatoms. The molecule has 0 saturated heterocycles. The summed E-state index contributed by atoms with van der Waals surface area (Å²) in [5, 5.41) is 9.60. The molecule has 18 heavy (non-hydrogen) atoms. The van der Waals surface area contributed by atoms with Gasteiger partial charge in [0.15, 0.2) is 0 Å². The van der Waals surface area contributed by atoms with E-state index >= 15 is 0 Å². The predicted octanol–water partition coefficient (Wildman–Crippen LogP) is 1.34. The number of amides is 1. The zero-order chi connectivity index (χ0) is 12.8. The van der Waals surface area contributed by atoms with Gasteiger partial charge < -0.3 is 5.32 Å². The van der Waals surface area contributed by atoms with E-state index in [9.17, 15) is 4.79 Å². The summed E-state index contributed by atoms with van der Waals surface area (Å²) in [5.41, 5.74) is 2.37. The first-order chi connectivity index (χ1) is 8.79. The van der Waals surface area contributed by atoms with Crippen molar-refractivity contribution in [3.63, 3.8) is 0 Å². The van der Waals surface area contributed by atoms with Gasteiger partial charge in [-0.3, -0.25) is 14.9 Å². The Balaban J connectivity index is 1.81. The van der Waals surface area contributed by atoms with Crippen LogP contribution in [0, 0.1) is 0 Å². The fourth-order valence-electron chi connectivity index (χ4n) is 1.60. The van der Waals surface area contributed by atoms with Gasteiger partial charge in [0, 0.05) is 30.6 Å². The molecule has 0 atom stereocenters. The van der Waals surface area contributed by atoms with E-state index in [1.165, 1.54) is 0 Å². The number of H-pyrrole nitrogens is 1. The third-order valence-electron chi connectivity index (χ3n) is 2.64. The normalized spacial score (nSPS) is 10.3. The van der Waals surface area contributed by atoms with Gasteiger partial charge in [-0.1, -0.05) is 13.0 Å². The lowest BCUT2D eigenvalue weighted by Crippen LogP contribution is -2.26. The smallest absolute Gasteiger partial charge is 0.271 e. The molecule has 2 aromatic heterocycles. The highest BCUT2D eigenvalue weighted by molar-refractivity contribution is 5.92. The maximum Gasteiger partial charge on any atom is 0.271 e. The van der Waals surface area contributed by atoms with Crippen molar-refractivity contribution in [1.29, 1.82) is 0 Å². The Kier molecular flexibility index (Phi) is 4.06. The Morgan fingerprint density at radius 3 is 3.00 bits per heavy atom. The molecule has 2 aromatic rings. The molecule has 2 N–H and O–H groups in total. The van der Waals surface area contributed by atoms with Crippen molar-refractivity contribution in [2.75, 3.05) is 6.54 Å². The number of carbonyl (C=O) groups excluding carboxylic acids is 1. The molecular formula is C13H16N4O. The van der Waals surface area contributed by atoms with Crippen LogP contribution in [-0.2, 0) is 12.8 Å². The molecule has 0 aliphatic carbocycles. The molecule has 0 aliphatic heterocycles. The number of pyridine rings is 1. The summed E-state index contributed by atoms with van der Waals surface area (Å²) in [5.74, 6) is -0.151. The van der Waals surface area contributed by atoms with Crippen molar-refractivity contribution in [3.8, 4) is 0 Å². The van der Waals surface area contributed by atoms with Gasteiger partial charge in [0.05, 0.1) is 0 Å². The van der Waals surface area contributed by atoms with Gasteiger partial charge >= 0.3 is 0 Å². The maximum atomic E-state index is 11.8. The highest BCUT2D eigenvalue weighted by Crippen LogP contribution is 2.00. The van der Waals surface area contributed by atoms with Crippen LogP contribution < -0.4 is 5.32 Å². The molecule has 1 amide bonds. The Morgan fingerprint density at radius 2 is 2.33 bits per heavy atom. The summed E-state index contributed by atoms with van der Waals surface area (Å²) in [6.07, 6.45) is 3.31. The number of hydrogen-bond donors (Lipinski definition) is 2. The van der Waals surface area contributed by atoms with Crippen LogP contribution in [0.25, 0.3) is 0 Å².